The molecular formula is C18H20Cl2N2O2. The molecule has 1 atom stereocenters. The first-order chi connectivity index (χ1) is 11.5. The Hall–Kier alpha value is -1.75. The maximum Gasteiger partial charge on any atom is 0.241 e. The van der Waals surface area contributed by atoms with Gasteiger partial charge in [-0.2, -0.15) is 0 Å². The Morgan fingerprint density at radius 1 is 1.12 bits per heavy atom. The molecule has 0 saturated heterocycles. The number of halogens is 2. The highest BCUT2D eigenvalue weighted by Gasteiger charge is 2.14. The number of amides is 1. The smallest absolute Gasteiger partial charge is 0.241 e. The molecule has 0 spiro atoms. The third kappa shape index (κ3) is 5.41. The van der Waals surface area contributed by atoms with Crippen molar-refractivity contribution in [1.29, 1.82) is 0 Å². The van der Waals surface area contributed by atoms with Gasteiger partial charge in [0.2, 0.25) is 5.91 Å². The molecule has 2 aromatic carbocycles. The minimum atomic E-state index is -0.346. The molecule has 0 saturated carbocycles. The molecule has 0 aliphatic heterocycles. The summed E-state index contributed by atoms with van der Waals surface area (Å²) < 4.78 is 5.23. The highest BCUT2D eigenvalue weighted by atomic mass is 35.5. The number of carbonyl (C=O) groups excluding carboxylic acids is 1. The van der Waals surface area contributed by atoms with Crippen LogP contribution in [0, 0.1) is 0 Å². The maximum atomic E-state index is 12.3. The average molecular weight is 367 g/mol. The van der Waals surface area contributed by atoms with E-state index in [4.69, 9.17) is 27.9 Å². The minimum Gasteiger partial charge on any atom is -0.495 e. The van der Waals surface area contributed by atoms with Crippen LogP contribution in [0.15, 0.2) is 42.5 Å². The van der Waals surface area contributed by atoms with Crippen LogP contribution in [0.1, 0.15) is 12.5 Å². The van der Waals surface area contributed by atoms with Gasteiger partial charge in [-0.3, -0.25) is 4.79 Å². The lowest BCUT2D eigenvalue weighted by Gasteiger charge is -2.16. The molecule has 1 amide bonds. The first kappa shape index (κ1) is 18.6. The Morgan fingerprint density at radius 2 is 1.79 bits per heavy atom. The predicted molar refractivity (Wildman–Crippen MR) is 99.3 cm³/mol. The van der Waals surface area contributed by atoms with Crippen LogP contribution in [0.25, 0.3) is 0 Å². The summed E-state index contributed by atoms with van der Waals surface area (Å²) in [6.45, 7) is 2.50. The van der Waals surface area contributed by atoms with Crippen LogP contribution in [0.4, 0.5) is 5.69 Å². The van der Waals surface area contributed by atoms with Crippen molar-refractivity contribution in [3.63, 3.8) is 0 Å². The number of anilines is 1. The Labute approximate surface area is 152 Å². The van der Waals surface area contributed by atoms with Gasteiger partial charge in [0.1, 0.15) is 5.75 Å². The molecule has 0 radical (unpaired) electrons. The van der Waals surface area contributed by atoms with Crippen LogP contribution in [-0.4, -0.2) is 25.6 Å². The van der Waals surface area contributed by atoms with Crippen molar-refractivity contribution < 1.29 is 9.53 Å². The topological polar surface area (TPSA) is 50.4 Å². The fourth-order valence-electron chi connectivity index (χ4n) is 2.20. The molecule has 0 aliphatic carbocycles. The number of hydrogen-bond donors (Lipinski definition) is 2. The predicted octanol–water partition coefficient (Wildman–Crippen LogP) is 4.16. The van der Waals surface area contributed by atoms with Crippen LogP contribution in [0.5, 0.6) is 5.75 Å². The van der Waals surface area contributed by atoms with E-state index in [0.29, 0.717) is 23.0 Å². The number of carbonyl (C=O) groups is 1. The Morgan fingerprint density at radius 3 is 2.46 bits per heavy atom. The SMILES string of the molecule is COc1ccc(Cl)cc1NC(=O)C(C)NCCc1ccc(Cl)cc1. The van der Waals surface area contributed by atoms with Gasteiger partial charge in [-0.1, -0.05) is 35.3 Å². The van der Waals surface area contributed by atoms with Crippen LogP contribution < -0.4 is 15.4 Å². The summed E-state index contributed by atoms with van der Waals surface area (Å²) in [4.78, 5) is 12.3. The lowest BCUT2D eigenvalue weighted by molar-refractivity contribution is -0.117. The maximum absolute atomic E-state index is 12.3. The molecule has 0 bridgehead atoms. The monoisotopic (exact) mass is 366 g/mol. The zero-order chi connectivity index (χ0) is 17.5. The summed E-state index contributed by atoms with van der Waals surface area (Å²) in [7, 11) is 1.55. The number of nitrogens with one attached hydrogen (secondary N) is 2. The fraction of sp³-hybridized carbons (Fsp3) is 0.278. The van der Waals surface area contributed by atoms with Gasteiger partial charge in [-0.25, -0.2) is 0 Å². The molecular weight excluding hydrogens is 347 g/mol. The van der Waals surface area contributed by atoms with Crippen molar-refractivity contribution in [3.05, 3.63) is 58.1 Å². The van der Waals surface area contributed by atoms with E-state index in [1.165, 1.54) is 0 Å². The Balaban J connectivity index is 1.86. The summed E-state index contributed by atoms with van der Waals surface area (Å²) >= 11 is 11.8. The van der Waals surface area contributed by atoms with Crippen molar-refractivity contribution in [3.8, 4) is 5.75 Å². The van der Waals surface area contributed by atoms with E-state index in [-0.39, 0.29) is 11.9 Å². The third-order valence-electron chi connectivity index (χ3n) is 3.59. The fourth-order valence-corrected chi connectivity index (χ4v) is 2.49. The summed E-state index contributed by atoms with van der Waals surface area (Å²) in [5, 5.41) is 7.28. The molecule has 6 heteroatoms. The van der Waals surface area contributed by atoms with Gasteiger partial charge in [-0.15, -0.1) is 0 Å². The van der Waals surface area contributed by atoms with Crippen molar-refractivity contribution in [1.82, 2.24) is 5.32 Å². The van der Waals surface area contributed by atoms with Gasteiger partial charge < -0.3 is 15.4 Å². The van der Waals surface area contributed by atoms with Crippen molar-refractivity contribution in [2.75, 3.05) is 19.0 Å². The molecule has 4 nitrogen and oxygen atoms in total. The highest BCUT2D eigenvalue weighted by Crippen LogP contribution is 2.27. The lowest BCUT2D eigenvalue weighted by Crippen LogP contribution is -2.39. The van der Waals surface area contributed by atoms with E-state index < -0.39 is 0 Å². The second-order valence-electron chi connectivity index (χ2n) is 5.39. The number of hydrogen-bond acceptors (Lipinski definition) is 3. The van der Waals surface area contributed by atoms with Gasteiger partial charge >= 0.3 is 0 Å². The molecule has 128 valence electrons. The molecule has 2 N–H and O–H groups in total. The van der Waals surface area contributed by atoms with E-state index in [0.717, 1.165) is 17.0 Å². The van der Waals surface area contributed by atoms with Crippen LogP contribution >= 0.6 is 23.2 Å². The van der Waals surface area contributed by atoms with Crippen molar-refractivity contribution in [2.24, 2.45) is 0 Å². The van der Waals surface area contributed by atoms with Crippen LogP contribution in [0.3, 0.4) is 0 Å². The Kier molecular flexibility index (Phi) is 6.91. The lowest BCUT2D eigenvalue weighted by atomic mass is 10.1. The molecule has 0 aromatic heterocycles. The summed E-state index contributed by atoms with van der Waals surface area (Å²) in [5.74, 6) is 0.424. The van der Waals surface area contributed by atoms with Crippen LogP contribution in [-0.2, 0) is 11.2 Å². The summed E-state index contributed by atoms with van der Waals surface area (Å²) in [5.41, 5.74) is 1.72. The zero-order valence-electron chi connectivity index (χ0n) is 13.6. The molecule has 1 unspecified atom stereocenters. The highest BCUT2D eigenvalue weighted by molar-refractivity contribution is 6.31. The van der Waals surface area contributed by atoms with Gasteiger partial charge in [0.05, 0.1) is 18.8 Å². The number of benzene rings is 2. The molecule has 24 heavy (non-hydrogen) atoms. The van der Waals surface area contributed by atoms with E-state index in [1.54, 1.807) is 25.3 Å². The zero-order valence-corrected chi connectivity index (χ0v) is 15.1. The van der Waals surface area contributed by atoms with Gasteiger partial charge in [0.25, 0.3) is 0 Å². The second-order valence-corrected chi connectivity index (χ2v) is 6.26. The van der Waals surface area contributed by atoms with Crippen molar-refractivity contribution >= 4 is 34.8 Å². The molecule has 0 heterocycles. The first-order valence-corrected chi connectivity index (χ1v) is 8.37. The normalized spacial score (nSPS) is 11.8. The third-order valence-corrected chi connectivity index (χ3v) is 4.08. The van der Waals surface area contributed by atoms with Crippen molar-refractivity contribution in [2.45, 2.75) is 19.4 Å². The summed E-state index contributed by atoms with van der Waals surface area (Å²) in [6, 6.07) is 12.4. The summed E-state index contributed by atoms with van der Waals surface area (Å²) in [6.07, 6.45) is 0.815. The van der Waals surface area contributed by atoms with E-state index in [1.807, 2.05) is 31.2 Å². The number of rotatable bonds is 7. The largest absolute Gasteiger partial charge is 0.495 e. The van der Waals surface area contributed by atoms with Gasteiger partial charge in [-0.05, 0) is 55.8 Å². The van der Waals surface area contributed by atoms with E-state index in [2.05, 4.69) is 10.6 Å². The quantitative estimate of drug-likeness (QED) is 0.773. The molecule has 2 aromatic rings. The Bertz CT molecular complexity index is 690. The second kappa shape index (κ2) is 8.92. The minimum absolute atomic E-state index is 0.147. The van der Waals surface area contributed by atoms with E-state index >= 15 is 0 Å². The molecule has 2 rings (SSSR count). The first-order valence-electron chi connectivity index (χ1n) is 7.62. The van der Waals surface area contributed by atoms with E-state index in [9.17, 15) is 4.79 Å². The van der Waals surface area contributed by atoms with Crippen LogP contribution in [0.2, 0.25) is 10.0 Å². The van der Waals surface area contributed by atoms with Gasteiger partial charge in [0, 0.05) is 10.0 Å². The standard InChI is InChI=1S/C18H20Cl2N2O2/c1-12(21-10-9-13-3-5-14(19)6-4-13)18(23)22-16-11-15(20)7-8-17(16)24-2/h3-8,11-12,21H,9-10H2,1-2H3,(H,22,23). The molecule has 0 aliphatic rings. The number of methoxy groups -OCH3 is 1. The molecule has 0 fully saturated rings. The van der Waals surface area contributed by atoms with Gasteiger partial charge in [0.15, 0.2) is 0 Å². The number of ether oxygens (including phenoxy) is 1. The average Bonchev–Trinajstić information content (AvgIpc) is 2.56.